The molecule has 0 aliphatic carbocycles. The second-order valence-electron chi connectivity index (χ2n) is 4.75. The molecule has 1 atom stereocenters. The minimum atomic E-state index is -1.04. The third-order valence-electron chi connectivity index (χ3n) is 2.86. The number of ether oxygens (including phenoxy) is 1. The van der Waals surface area contributed by atoms with Crippen LogP contribution in [-0.4, -0.2) is 23.1 Å². The Bertz CT molecular complexity index is 728. The van der Waals surface area contributed by atoms with E-state index in [2.05, 4.69) is 5.32 Å². The lowest BCUT2D eigenvalue weighted by molar-refractivity contribution is -0.123. The van der Waals surface area contributed by atoms with E-state index in [-0.39, 0.29) is 11.3 Å². The summed E-state index contributed by atoms with van der Waals surface area (Å²) >= 11 is 11.7. The van der Waals surface area contributed by atoms with Gasteiger partial charge in [0.1, 0.15) is 5.75 Å². The first-order valence-electron chi connectivity index (χ1n) is 6.62. The summed E-state index contributed by atoms with van der Waals surface area (Å²) in [6.45, 7) is 1.43. The number of aromatic hydroxyl groups is 1. The van der Waals surface area contributed by atoms with Gasteiger partial charge in [-0.05, 0) is 43.3 Å². The Balaban J connectivity index is 2.01. The number of nitrogens with one attached hydrogen (secondary N) is 1. The highest BCUT2D eigenvalue weighted by Gasteiger charge is 2.19. The van der Waals surface area contributed by atoms with Gasteiger partial charge in [-0.1, -0.05) is 29.3 Å². The van der Waals surface area contributed by atoms with Crippen LogP contribution in [0.5, 0.6) is 5.75 Å². The van der Waals surface area contributed by atoms with Crippen LogP contribution in [0.3, 0.4) is 0 Å². The lowest BCUT2D eigenvalue weighted by Gasteiger charge is -2.14. The summed E-state index contributed by atoms with van der Waals surface area (Å²) in [5.41, 5.74) is 0.545. The molecule has 0 aromatic heterocycles. The number of anilines is 1. The number of carbonyl (C=O) groups excluding carboxylic acids is 2. The summed E-state index contributed by atoms with van der Waals surface area (Å²) in [6, 6.07) is 10.2. The number of hydrogen-bond donors (Lipinski definition) is 2. The van der Waals surface area contributed by atoms with Crippen LogP contribution in [0.4, 0.5) is 5.69 Å². The van der Waals surface area contributed by atoms with Gasteiger partial charge in [0, 0.05) is 15.7 Å². The van der Waals surface area contributed by atoms with E-state index in [0.717, 1.165) is 0 Å². The largest absolute Gasteiger partial charge is 0.508 e. The first-order valence-corrected chi connectivity index (χ1v) is 7.38. The summed E-state index contributed by atoms with van der Waals surface area (Å²) < 4.78 is 5.06. The van der Waals surface area contributed by atoms with Crippen molar-refractivity contribution < 1.29 is 19.4 Å². The van der Waals surface area contributed by atoms with Gasteiger partial charge in [-0.2, -0.15) is 0 Å². The number of phenolic OH excluding ortho intramolecular Hbond substituents is 1. The number of amides is 1. The van der Waals surface area contributed by atoms with E-state index in [1.165, 1.54) is 49.4 Å². The SMILES string of the molecule is C[C@@H](OC(=O)c1cccc(O)c1)C(=O)Nc1cc(Cl)cc(Cl)c1. The number of esters is 1. The maximum Gasteiger partial charge on any atom is 0.339 e. The molecule has 0 fully saturated rings. The van der Waals surface area contributed by atoms with Crippen LogP contribution >= 0.6 is 23.2 Å². The van der Waals surface area contributed by atoms with E-state index >= 15 is 0 Å². The summed E-state index contributed by atoms with van der Waals surface area (Å²) in [6.07, 6.45) is -1.04. The van der Waals surface area contributed by atoms with Crippen molar-refractivity contribution in [1.82, 2.24) is 0 Å². The Morgan fingerprint density at radius 3 is 2.39 bits per heavy atom. The van der Waals surface area contributed by atoms with Gasteiger partial charge in [0.15, 0.2) is 6.10 Å². The molecule has 0 saturated heterocycles. The first-order chi connectivity index (χ1) is 10.8. The van der Waals surface area contributed by atoms with E-state index in [9.17, 15) is 14.7 Å². The maximum absolute atomic E-state index is 12.0. The van der Waals surface area contributed by atoms with Crippen molar-refractivity contribution in [2.24, 2.45) is 0 Å². The summed E-state index contributed by atoms with van der Waals surface area (Å²) in [5.74, 6) is -1.31. The molecule has 2 N–H and O–H groups in total. The molecule has 1 amide bonds. The Kier molecular flexibility index (Phi) is 5.47. The van der Waals surface area contributed by atoms with Crippen LogP contribution in [-0.2, 0) is 9.53 Å². The van der Waals surface area contributed by atoms with Gasteiger partial charge in [0.2, 0.25) is 0 Å². The Morgan fingerprint density at radius 2 is 1.78 bits per heavy atom. The number of rotatable bonds is 4. The molecular weight excluding hydrogens is 341 g/mol. The second kappa shape index (κ2) is 7.35. The monoisotopic (exact) mass is 353 g/mol. The Labute approximate surface area is 142 Å². The fraction of sp³-hybridized carbons (Fsp3) is 0.125. The van der Waals surface area contributed by atoms with Gasteiger partial charge in [0.25, 0.3) is 5.91 Å². The smallest absolute Gasteiger partial charge is 0.339 e. The minimum Gasteiger partial charge on any atom is -0.508 e. The van der Waals surface area contributed by atoms with Crippen molar-refractivity contribution in [2.75, 3.05) is 5.32 Å². The predicted molar refractivity (Wildman–Crippen MR) is 88.1 cm³/mol. The Morgan fingerprint density at radius 1 is 1.13 bits per heavy atom. The van der Waals surface area contributed by atoms with E-state index in [0.29, 0.717) is 15.7 Å². The molecule has 0 radical (unpaired) electrons. The molecule has 120 valence electrons. The zero-order chi connectivity index (χ0) is 17.0. The van der Waals surface area contributed by atoms with Crippen LogP contribution in [0.25, 0.3) is 0 Å². The molecule has 0 aliphatic rings. The lowest BCUT2D eigenvalue weighted by Crippen LogP contribution is -2.30. The van der Waals surface area contributed by atoms with E-state index in [1.807, 2.05) is 0 Å². The molecule has 0 aliphatic heterocycles. The standard InChI is InChI=1S/C16H13Cl2NO4/c1-9(23-16(22)10-3-2-4-14(20)5-10)15(21)19-13-7-11(17)6-12(18)8-13/h2-9,20H,1H3,(H,19,21)/t9-/m1/s1. The van der Waals surface area contributed by atoms with Crippen LogP contribution in [0.2, 0.25) is 10.0 Å². The zero-order valence-corrected chi connectivity index (χ0v) is 13.6. The maximum atomic E-state index is 12.0. The third kappa shape index (κ3) is 4.87. The van der Waals surface area contributed by atoms with Gasteiger partial charge in [-0.3, -0.25) is 4.79 Å². The van der Waals surface area contributed by atoms with E-state index in [4.69, 9.17) is 27.9 Å². The van der Waals surface area contributed by atoms with Crippen molar-refractivity contribution >= 4 is 40.8 Å². The quantitative estimate of drug-likeness (QED) is 0.817. The molecule has 0 bridgehead atoms. The number of phenols is 1. The molecule has 5 nitrogen and oxygen atoms in total. The molecule has 0 saturated carbocycles. The second-order valence-corrected chi connectivity index (χ2v) is 5.62. The van der Waals surface area contributed by atoms with Gasteiger partial charge in [-0.15, -0.1) is 0 Å². The highest BCUT2D eigenvalue weighted by atomic mass is 35.5. The van der Waals surface area contributed by atoms with Gasteiger partial charge < -0.3 is 15.2 Å². The molecule has 0 heterocycles. The lowest BCUT2D eigenvalue weighted by atomic mass is 10.2. The third-order valence-corrected chi connectivity index (χ3v) is 3.30. The topological polar surface area (TPSA) is 75.6 Å². The number of hydrogen-bond acceptors (Lipinski definition) is 4. The van der Waals surface area contributed by atoms with Gasteiger partial charge >= 0.3 is 5.97 Å². The fourth-order valence-corrected chi connectivity index (χ4v) is 2.31. The fourth-order valence-electron chi connectivity index (χ4n) is 1.78. The van der Waals surface area contributed by atoms with E-state index < -0.39 is 18.0 Å². The molecule has 2 aromatic rings. The highest BCUT2D eigenvalue weighted by Crippen LogP contribution is 2.22. The van der Waals surface area contributed by atoms with Crippen molar-refractivity contribution in [3.8, 4) is 5.75 Å². The normalized spacial score (nSPS) is 11.6. The highest BCUT2D eigenvalue weighted by molar-refractivity contribution is 6.35. The molecular formula is C16H13Cl2NO4. The van der Waals surface area contributed by atoms with Crippen molar-refractivity contribution in [1.29, 1.82) is 0 Å². The van der Waals surface area contributed by atoms with Crippen molar-refractivity contribution in [3.63, 3.8) is 0 Å². The molecule has 2 aromatic carbocycles. The first kappa shape index (κ1) is 17.1. The number of halogens is 2. The van der Waals surface area contributed by atoms with Gasteiger partial charge in [-0.25, -0.2) is 4.79 Å². The van der Waals surface area contributed by atoms with Gasteiger partial charge in [0.05, 0.1) is 5.56 Å². The van der Waals surface area contributed by atoms with Crippen LogP contribution in [0, 0.1) is 0 Å². The zero-order valence-electron chi connectivity index (χ0n) is 12.0. The Hall–Kier alpha value is -2.24. The molecule has 7 heteroatoms. The van der Waals surface area contributed by atoms with Crippen molar-refractivity contribution in [3.05, 3.63) is 58.1 Å². The summed E-state index contributed by atoms with van der Waals surface area (Å²) in [4.78, 5) is 24.0. The molecule has 2 rings (SSSR count). The minimum absolute atomic E-state index is 0.0647. The van der Waals surface area contributed by atoms with Crippen LogP contribution in [0.1, 0.15) is 17.3 Å². The molecule has 0 unspecified atom stereocenters. The average molecular weight is 354 g/mol. The van der Waals surface area contributed by atoms with Crippen molar-refractivity contribution in [2.45, 2.75) is 13.0 Å². The summed E-state index contributed by atoms with van der Waals surface area (Å²) in [5, 5.41) is 12.6. The van der Waals surface area contributed by atoms with Crippen LogP contribution in [0.15, 0.2) is 42.5 Å². The molecule has 0 spiro atoms. The van der Waals surface area contributed by atoms with E-state index in [1.54, 1.807) is 0 Å². The molecule has 23 heavy (non-hydrogen) atoms. The average Bonchev–Trinajstić information content (AvgIpc) is 2.45. The number of carbonyl (C=O) groups is 2. The summed E-state index contributed by atoms with van der Waals surface area (Å²) in [7, 11) is 0. The van der Waals surface area contributed by atoms with Crippen LogP contribution < -0.4 is 5.32 Å². The number of benzene rings is 2. The predicted octanol–water partition coefficient (Wildman–Crippen LogP) is 3.88.